The van der Waals surface area contributed by atoms with Crippen LogP contribution in [0, 0.1) is 17.3 Å². The fourth-order valence-corrected chi connectivity index (χ4v) is 1.95. The minimum atomic E-state index is -1.02. The average Bonchev–Trinajstić information content (AvgIpc) is 2.76. The molecule has 2 atom stereocenters. The maximum Gasteiger partial charge on any atom is 0.366 e. The van der Waals surface area contributed by atoms with E-state index in [-0.39, 0.29) is 6.61 Å². The molecule has 1 aliphatic rings. The predicted octanol–water partition coefficient (Wildman–Crippen LogP) is 2.15. The number of carboxylic acids is 1. The summed E-state index contributed by atoms with van der Waals surface area (Å²) in [5.41, 5.74) is -0.506. The van der Waals surface area contributed by atoms with Crippen LogP contribution in [0.3, 0.4) is 0 Å². The number of carbonyl (C=O) groups is 2. The highest BCUT2D eigenvalue weighted by atomic mass is 19.1. The van der Waals surface area contributed by atoms with E-state index < -0.39 is 35.0 Å². The largest absolute Gasteiger partial charge is 0.481 e. The Bertz CT molecular complexity index is 360. The second-order valence-corrected chi connectivity index (χ2v) is 4.81. The normalized spacial score (nSPS) is 26.5. The van der Waals surface area contributed by atoms with Crippen molar-refractivity contribution in [3.8, 4) is 0 Å². The third-order valence-electron chi connectivity index (χ3n) is 3.13. The molecule has 2 unspecified atom stereocenters. The molecule has 0 aromatic heterocycles. The molecule has 1 rings (SSSR count). The Kier molecular flexibility index (Phi) is 3.91. The quantitative estimate of drug-likeness (QED) is 0.594. The molecule has 0 heterocycles. The van der Waals surface area contributed by atoms with Crippen molar-refractivity contribution in [3.63, 3.8) is 0 Å². The zero-order valence-electron chi connectivity index (χ0n) is 10.2. The van der Waals surface area contributed by atoms with Crippen LogP contribution in [0.2, 0.25) is 0 Å². The molecule has 0 saturated heterocycles. The van der Waals surface area contributed by atoms with Gasteiger partial charge in [-0.25, -0.2) is 4.79 Å². The van der Waals surface area contributed by atoms with Crippen molar-refractivity contribution in [3.05, 3.63) is 11.9 Å². The summed E-state index contributed by atoms with van der Waals surface area (Å²) >= 11 is 0. The third-order valence-corrected chi connectivity index (χ3v) is 3.13. The molecule has 0 spiro atoms. The Labute approximate surface area is 99.5 Å². The lowest BCUT2D eigenvalue weighted by molar-refractivity contribution is -0.141. The first kappa shape index (κ1) is 13.7. The van der Waals surface area contributed by atoms with Gasteiger partial charge >= 0.3 is 11.9 Å². The van der Waals surface area contributed by atoms with Gasteiger partial charge in [0.15, 0.2) is 0 Å². The SMILES string of the molecule is CCCOC(=O)/C(F)=C/C1C(C(=O)O)C1(C)C. The van der Waals surface area contributed by atoms with Gasteiger partial charge in [-0.05, 0) is 23.8 Å². The number of hydrogen-bond acceptors (Lipinski definition) is 3. The van der Waals surface area contributed by atoms with Crippen molar-refractivity contribution >= 4 is 11.9 Å². The summed E-state index contributed by atoms with van der Waals surface area (Å²) in [5.74, 6) is -4.06. The summed E-state index contributed by atoms with van der Waals surface area (Å²) in [4.78, 5) is 22.0. The van der Waals surface area contributed by atoms with Crippen molar-refractivity contribution in [2.75, 3.05) is 6.61 Å². The maximum atomic E-state index is 13.4. The van der Waals surface area contributed by atoms with Crippen molar-refractivity contribution in [1.82, 2.24) is 0 Å². The lowest BCUT2D eigenvalue weighted by Crippen LogP contribution is -2.06. The van der Waals surface area contributed by atoms with Gasteiger partial charge in [-0.1, -0.05) is 20.8 Å². The van der Waals surface area contributed by atoms with Gasteiger partial charge in [0.05, 0.1) is 12.5 Å². The number of halogens is 1. The van der Waals surface area contributed by atoms with Crippen LogP contribution in [0.5, 0.6) is 0 Å². The highest BCUT2D eigenvalue weighted by molar-refractivity contribution is 5.86. The smallest absolute Gasteiger partial charge is 0.366 e. The molecule has 1 N–H and O–H groups in total. The standard InChI is InChI=1S/C12H17FO4/c1-4-5-17-11(16)8(13)6-7-9(10(14)15)12(7,2)3/h6-7,9H,4-5H2,1-3H3,(H,14,15)/b8-6-. The van der Waals surface area contributed by atoms with Gasteiger partial charge in [-0.15, -0.1) is 0 Å². The van der Waals surface area contributed by atoms with Gasteiger partial charge in [0.2, 0.25) is 5.83 Å². The van der Waals surface area contributed by atoms with Crippen LogP contribution >= 0.6 is 0 Å². The number of allylic oxidation sites excluding steroid dienone is 1. The van der Waals surface area contributed by atoms with Crippen LogP contribution in [0.25, 0.3) is 0 Å². The zero-order chi connectivity index (χ0) is 13.2. The molecule has 5 heteroatoms. The summed E-state index contributed by atoms with van der Waals surface area (Å²) in [7, 11) is 0. The van der Waals surface area contributed by atoms with Crippen LogP contribution in [-0.4, -0.2) is 23.7 Å². The van der Waals surface area contributed by atoms with E-state index in [0.29, 0.717) is 6.42 Å². The number of aliphatic carboxylic acids is 1. The van der Waals surface area contributed by atoms with Gasteiger partial charge in [0.25, 0.3) is 0 Å². The molecule has 0 aliphatic heterocycles. The van der Waals surface area contributed by atoms with E-state index in [1.807, 2.05) is 0 Å². The number of esters is 1. The number of hydrogen-bond donors (Lipinski definition) is 1. The Morgan fingerprint density at radius 3 is 2.47 bits per heavy atom. The van der Waals surface area contributed by atoms with Crippen molar-refractivity contribution in [2.45, 2.75) is 27.2 Å². The molecule has 0 aromatic rings. The number of carbonyl (C=O) groups excluding carboxylic acids is 1. The molecule has 0 radical (unpaired) electrons. The Morgan fingerprint density at radius 1 is 1.47 bits per heavy atom. The van der Waals surface area contributed by atoms with E-state index >= 15 is 0 Å². The molecule has 1 aliphatic carbocycles. The van der Waals surface area contributed by atoms with Crippen LogP contribution < -0.4 is 0 Å². The molecule has 0 amide bonds. The van der Waals surface area contributed by atoms with Crippen LogP contribution in [0.1, 0.15) is 27.2 Å². The summed E-state index contributed by atoms with van der Waals surface area (Å²) in [6, 6.07) is 0. The summed E-state index contributed by atoms with van der Waals surface area (Å²) in [6.07, 6.45) is 1.68. The Hall–Kier alpha value is -1.39. The summed E-state index contributed by atoms with van der Waals surface area (Å²) < 4.78 is 18.0. The predicted molar refractivity (Wildman–Crippen MR) is 58.8 cm³/mol. The number of carboxylic acid groups (broad SMARTS) is 1. The monoisotopic (exact) mass is 244 g/mol. The van der Waals surface area contributed by atoms with Crippen LogP contribution in [0.15, 0.2) is 11.9 Å². The van der Waals surface area contributed by atoms with E-state index in [9.17, 15) is 14.0 Å². The first-order valence-corrected chi connectivity index (χ1v) is 5.59. The highest BCUT2D eigenvalue weighted by Gasteiger charge is 2.61. The molecule has 17 heavy (non-hydrogen) atoms. The molecular formula is C12H17FO4. The lowest BCUT2D eigenvalue weighted by Gasteiger charge is -2.00. The Morgan fingerprint density at radius 2 is 2.06 bits per heavy atom. The lowest BCUT2D eigenvalue weighted by atomic mass is 10.1. The average molecular weight is 244 g/mol. The molecule has 1 fully saturated rings. The van der Waals surface area contributed by atoms with E-state index in [2.05, 4.69) is 4.74 Å². The number of rotatable bonds is 5. The molecule has 96 valence electrons. The second kappa shape index (κ2) is 4.85. The van der Waals surface area contributed by atoms with Gasteiger partial charge < -0.3 is 9.84 Å². The minimum Gasteiger partial charge on any atom is -0.481 e. The van der Waals surface area contributed by atoms with Gasteiger partial charge in [-0.3, -0.25) is 4.79 Å². The summed E-state index contributed by atoms with van der Waals surface area (Å²) in [6.45, 7) is 5.44. The second-order valence-electron chi connectivity index (χ2n) is 4.81. The zero-order valence-corrected chi connectivity index (χ0v) is 10.2. The number of ether oxygens (including phenoxy) is 1. The third kappa shape index (κ3) is 2.84. The van der Waals surface area contributed by atoms with Crippen LogP contribution in [-0.2, 0) is 14.3 Å². The van der Waals surface area contributed by atoms with Crippen molar-refractivity contribution < 1.29 is 23.8 Å². The van der Waals surface area contributed by atoms with Gasteiger partial charge in [0, 0.05) is 0 Å². The van der Waals surface area contributed by atoms with Gasteiger partial charge in [0.1, 0.15) is 0 Å². The van der Waals surface area contributed by atoms with E-state index in [1.165, 1.54) is 0 Å². The van der Waals surface area contributed by atoms with Crippen LogP contribution in [0.4, 0.5) is 4.39 Å². The van der Waals surface area contributed by atoms with E-state index in [1.54, 1.807) is 20.8 Å². The fourth-order valence-electron chi connectivity index (χ4n) is 1.95. The first-order valence-electron chi connectivity index (χ1n) is 5.59. The molecule has 0 bridgehead atoms. The summed E-state index contributed by atoms with van der Waals surface area (Å²) in [5, 5.41) is 8.88. The molecule has 4 nitrogen and oxygen atoms in total. The molecular weight excluding hydrogens is 227 g/mol. The molecule has 0 aromatic carbocycles. The van der Waals surface area contributed by atoms with E-state index in [4.69, 9.17) is 5.11 Å². The van der Waals surface area contributed by atoms with Crippen molar-refractivity contribution in [2.24, 2.45) is 17.3 Å². The van der Waals surface area contributed by atoms with E-state index in [0.717, 1.165) is 6.08 Å². The maximum absolute atomic E-state index is 13.4. The Balaban J connectivity index is 2.65. The fraction of sp³-hybridized carbons (Fsp3) is 0.667. The topological polar surface area (TPSA) is 63.6 Å². The first-order chi connectivity index (χ1) is 7.82. The minimum absolute atomic E-state index is 0.163. The van der Waals surface area contributed by atoms with Crippen molar-refractivity contribution in [1.29, 1.82) is 0 Å². The molecule has 1 saturated carbocycles. The highest BCUT2D eigenvalue weighted by Crippen LogP contribution is 2.59. The van der Waals surface area contributed by atoms with Gasteiger partial charge in [-0.2, -0.15) is 4.39 Å².